The van der Waals surface area contributed by atoms with Crippen LogP contribution in [0.3, 0.4) is 0 Å². The van der Waals surface area contributed by atoms with Gasteiger partial charge in [-0.1, -0.05) is 30.3 Å². The second-order valence-electron chi connectivity index (χ2n) is 9.72. The van der Waals surface area contributed by atoms with Crippen LogP contribution in [0.25, 0.3) is 0 Å². The van der Waals surface area contributed by atoms with Gasteiger partial charge in [0.15, 0.2) is 6.10 Å². The monoisotopic (exact) mass is 551 g/mol. The van der Waals surface area contributed by atoms with Crippen LogP contribution in [0.1, 0.15) is 16.7 Å². The van der Waals surface area contributed by atoms with Crippen LogP contribution in [0, 0.1) is 6.92 Å². The molecule has 1 saturated heterocycles. The van der Waals surface area contributed by atoms with Crippen LogP contribution in [0.5, 0.6) is 11.5 Å². The molecule has 0 spiro atoms. The van der Waals surface area contributed by atoms with E-state index in [2.05, 4.69) is 22.3 Å². The Labute approximate surface area is 229 Å². The van der Waals surface area contributed by atoms with Gasteiger partial charge in [0.25, 0.3) is 15.9 Å². The third-order valence-electron chi connectivity index (χ3n) is 6.89. The van der Waals surface area contributed by atoms with Crippen LogP contribution in [0.2, 0.25) is 0 Å². The van der Waals surface area contributed by atoms with Crippen molar-refractivity contribution in [2.45, 2.75) is 31.0 Å². The number of carbonyl (C=O) groups excluding carboxylic acids is 1. The number of nitrogens with zero attached hydrogens (tertiary/aromatic N) is 2. The average molecular weight is 552 g/mol. The van der Waals surface area contributed by atoms with Gasteiger partial charge in [-0.3, -0.25) is 14.0 Å². The molecular formula is C29H33N3O6S. The summed E-state index contributed by atoms with van der Waals surface area (Å²) < 4.78 is 45.2. The highest BCUT2D eigenvalue weighted by atomic mass is 32.2. The van der Waals surface area contributed by atoms with Gasteiger partial charge in [-0.2, -0.15) is 0 Å². The number of ether oxygens (including phenoxy) is 3. The summed E-state index contributed by atoms with van der Waals surface area (Å²) in [6.45, 7) is 6.16. The molecule has 0 aliphatic carbocycles. The SMILES string of the molecule is COc1ccc(S(=O)(=O)N2C[C@@H](C(=O)NCc3cccc(CN4CCOCC4)c3)Oc3cc(C)ccc32)cc1. The Morgan fingerprint density at radius 1 is 1.03 bits per heavy atom. The number of hydrogen-bond acceptors (Lipinski definition) is 7. The van der Waals surface area contributed by atoms with E-state index in [-0.39, 0.29) is 17.3 Å². The van der Waals surface area contributed by atoms with Crippen LogP contribution in [0.4, 0.5) is 5.69 Å². The summed E-state index contributed by atoms with van der Waals surface area (Å²) in [6.07, 6.45) is -1.01. The number of aryl methyl sites for hydroxylation is 1. The molecule has 0 radical (unpaired) electrons. The molecule has 3 aromatic rings. The lowest BCUT2D eigenvalue weighted by molar-refractivity contribution is -0.127. The number of hydrogen-bond donors (Lipinski definition) is 1. The van der Waals surface area contributed by atoms with E-state index in [1.54, 1.807) is 24.3 Å². The molecule has 206 valence electrons. The van der Waals surface area contributed by atoms with E-state index in [1.165, 1.54) is 29.1 Å². The summed E-state index contributed by atoms with van der Waals surface area (Å²) in [5, 5.41) is 2.94. The van der Waals surface area contributed by atoms with Crippen molar-refractivity contribution in [3.05, 3.63) is 83.4 Å². The predicted octanol–water partition coefficient (Wildman–Crippen LogP) is 3.11. The molecule has 39 heavy (non-hydrogen) atoms. The zero-order valence-electron chi connectivity index (χ0n) is 22.1. The standard InChI is InChI=1S/C29H33N3O6S/c1-21-6-11-26-27(16-21)38-28(20-32(26)39(34,35)25-9-7-24(36-2)8-10-25)29(33)30-18-22-4-3-5-23(17-22)19-31-12-14-37-15-13-31/h3-11,16-17,28H,12-15,18-20H2,1-2H3,(H,30,33)/t28-/m0/s1. The van der Waals surface area contributed by atoms with Gasteiger partial charge in [-0.05, 0) is 60.0 Å². The fourth-order valence-electron chi connectivity index (χ4n) is 4.76. The highest BCUT2D eigenvalue weighted by Crippen LogP contribution is 2.38. The molecule has 0 saturated carbocycles. The average Bonchev–Trinajstić information content (AvgIpc) is 2.96. The predicted molar refractivity (Wildman–Crippen MR) is 148 cm³/mol. The number of carbonyl (C=O) groups is 1. The molecule has 0 bridgehead atoms. The molecule has 1 atom stereocenters. The summed E-state index contributed by atoms with van der Waals surface area (Å²) in [5.74, 6) is 0.528. The Morgan fingerprint density at radius 2 is 1.77 bits per heavy atom. The number of amides is 1. The van der Waals surface area contributed by atoms with E-state index >= 15 is 0 Å². The van der Waals surface area contributed by atoms with Crippen LogP contribution in [0.15, 0.2) is 71.6 Å². The fraction of sp³-hybridized carbons (Fsp3) is 0.345. The van der Waals surface area contributed by atoms with Crippen LogP contribution < -0.4 is 19.1 Å². The van der Waals surface area contributed by atoms with E-state index in [9.17, 15) is 13.2 Å². The third-order valence-corrected chi connectivity index (χ3v) is 8.69. The van der Waals surface area contributed by atoms with Gasteiger partial charge in [-0.15, -0.1) is 0 Å². The molecule has 2 aliphatic rings. The van der Waals surface area contributed by atoms with E-state index in [0.717, 1.165) is 44.0 Å². The van der Waals surface area contributed by atoms with Crippen LogP contribution >= 0.6 is 0 Å². The summed E-state index contributed by atoms with van der Waals surface area (Å²) in [6, 6.07) is 19.6. The first-order chi connectivity index (χ1) is 18.8. The molecule has 1 fully saturated rings. The molecule has 1 N–H and O–H groups in total. The van der Waals surface area contributed by atoms with Crippen molar-refractivity contribution in [3.8, 4) is 11.5 Å². The Morgan fingerprint density at radius 3 is 2.51 bits per heavy atom. The summed E-state index contributed by atoms with van der Waals surface area (Å²) in [5.41, 5.74) is 3.42. The molecule has 10 heteroatoms. The molecule has 0 unspecified atom stereocenters. The van der Waals surface area contributed by atoms with Crippen molar-refractivity contribution in [3.63, 3.8) is 0 Å². The van der Waals surface area contributed by atoms with Gasteiger partial charge in [0.05, 0.1) is 37.5 Å². The lowest BCUT2D eigenvalue weighted by Crippen LogP contribution is -2.50. The summed E-state index contributed by atoms with van der Waals surface area (Å²) in [4.78, 5) is 15.7. The maximum absolute atomic E-state index is 13.7. The highest BCUT2D eigenvalue weighted by Gasteiger charge is 2.37. The van der Waals surface area contributed by atoms with Crippen molar-refractivity contribution < 1.29 is 27.4 Å². The Bertz CT molecular complexity index is 1420. The first kappa shape index (κ1) is 27.0. The number of rotatable bonds is 8. The van der Waals surface area contributed by atoms with Gasteiger partial charge in [0, 0.05) is 26.2 Å². The maximum Gasteiger partial charge on any atom is 0.264 e. The van der Waals surface area contributed by atoms with E-state index in [0.29, 0.717) is 23.7 Å². The van der Waals surface area contributed by atoms with E-state index in [1.807, 2.05) is 25.1 Å². The summed E-state index contributed by atoms with van der Waals surface area (Å²) >= 11 is 0. The van der Waals surface area contributed by atoms with Crippen molar-refractivity contribution in [2.24, 2.45) is 0 Å². The Kier molecular flexibility index (Phi) is 8.06. The molecule has 2 aliphatic heterocycles. The van der Waals surface area contributed by atoms with E-state index in [4.69, 9.17) is 14.2 Å². The quantitative estimate of drug-likeness (QED) is 0.460. The lowest BCUT2D eigenvalue weighted by atomic mass is 10.1. The van der Waals surface area contributed by atoms with Crippen LogP contribution in [-0.4, -0.2) is 65.3 Å². The minimum Gasteiger partial charge on any atom is -0.497 e. The topological polar surface area (TPSA) is 97.4 Å². The van der Waals surface area contributed by atoms with Gasteiger partial charge in [0.2, 0.25) is 0 Å². The van der Waals surface area contributed by atoms with Crippen LogP contribution in [-0.2, 0) is 32.6 Å². The first-order valence-electron chi connectivity index (χ1n) is 12.9. The first-order valence-corrected chi connectivity index (χ1v) is 14.4. The molecule has 5 rings (SSSR count). The zero-order valence-corrected chi connectivity index (χ0v) is 22.9. The number of anilines is 1. The molecule has 0 aromatic heterocycles. The largest absolute Gasteiger partial charge is 0.497 e. The molecule has 1 amide bonds. The number of nitrogens with one attached hydrogen (secondary N) is 1. The van der Waals surface area contributed by atoms with Crippen molar-refractivity contribution in [2.75, 3.05) is 44.3 Å². The second kappa shape index (κ2) is 11.6. The third kappa shape index (κ3) is 6.19. The minimum atomic E-state index is -3.96. The smallest absolute Gasteiger partial charge is 0.264 e. The molecule has 3 aromatic carbocycles. The highest BCUT2D eigenvalue weighted by molar-refractivity contribution is 7.92. The zero-order chi connectivity index (χ0) is 27.4. The fourth-order valence-corrected chi connectivity index (χ4v) is 6.23. The van der Waals surface area contributed by atoms with Gasteiger partial charge in [0.1, 0.15) is 11.5 Å². The lowest BCUT2D eigenvalue weighted by Gasteiger charge is -2.35. The normalized spacial score (nSPS) is 17.7. The Hall–Kier alpha value is -3.60. The maximum atomic E-state index is 13.7. The number of benzene rings is 3. The number of fused-ring (bicyclic) bond motifs is 1. The molecule has 9 nitrogen and oxygen atoms in total. The van der Waals surface area contributed by atoms with E-state index < -0.39 is 16.1 Å². The second-order valence-corrected chi connectivity index (χ2v) is 11.6. The number of methoxy groups -OCH3 is 1. The van der Waals surface area contributed by atoms with Crippen molar-refractivity contribution in [1.82, 2.24) is 10.2 Å². The minimum absolute atomic E-state index is 0.105. The molecule has 2 heterocycles. The number of morpholine rings is 1. The summed E-state index contributed by atoms with van der Waals surface area (Å²) in [7, 11) is -2.44. The number of sulfonamides is 1. The van der Waals surface area contributed by atoms with Gasteiger partial charge >= 0.3 is 0 Å². The Balaban J connectivity index is 1.31. The van der Waals surface area contributed by atoms with Gasteiger partial charge in [-0.25, -0.2) is 8.42 Å². The molecular weight excluding hydrogens is 518 g/mol. The van der Waals surface area contributed by atoms with Crippen molar-refractivity contribution >= 4 is 21.6 Å². The van der Waals surface area contributed by atoms with Crippen molar-refractivity contribution in [1.29, 1.82) is 0 Å². The van der Waals surface area contributed by atoms with Gasteiger partial charge < -0.3 is 19.5 Å².